The molecule has 0 aliphatic carbocycles. The minimum absolute atomic E-state index is 0.326. The van der Waals surface area contributed by atoms with Crippen LogP contribution in [-0.4, -0.2) is 10.8 Å². The van der Waals surface area contributed by atoms with Crippen molar-refractivity contribution in [3.05, 3.63) is 152 Å². The van der Waals surface area contributed by atoms with Crippen LogP contribution in [0.5, 0.6) is 0 Å². The van der Waals surface area contributed by atoms with Gasteiger partial charge in [0.1, 0.15) is 0 Å². The van der Waals surface area contributed by atoms with Gasteiger partial charge in [-0.2, -0.15) is 0 Å². The van der Waals surface area contributed by atoms with Crippen molar-refractivity contribution in [2.75, 3.05) is 6.16 Å². The van der Waals surface area contributed by atoms with Gasteiger partial charge in [0.15, 0.2) is 0 Å². The predicted molar refractivity (Wildman–Crippen MR) is 170 cm³/mol. The predicted octanol–water partition coefficient (Wildman–Crippen LogP) is 6.51. The Kier molecular flexibility index (Phi) is 9.13. The van der Waals surface area contributed by atoms with Crippen LogP contribution in [0.4, 0.5) is 0 Å². The molecule has 0 bridgehead atoms. The second-order valence-corrected chi connectivity index (χ2v) is 33.3. The summed E-state index contributed by atoms with van der Waals surface area (Å²) in [6, 6.07) is 53.3. The molecule has 0 aromatic heterocycles. The minimum atomic E-state index is -3.71. The van der Waals surface area contributed by atoms with Gasteiger partial charge in [-0.15, -0.1) is 0 Å². The Hall–Kier alpha value is -1.88. The summed E-state index contributed by atoms with van der Waals surface area (Å²) in [5.74, 6) is 0. The maximum atomic E-state index is 7.91. The van der Waals surface area contributed by atoms with Crippen LogP contribution in [0.3, 0.4) is 0 Å². The fourth-order valence-corrected chi connectivity index (χ4v) is 36.1. The second kappa shape index (κ2) is 12.5. The van der Waals surface area contributed by atoms with Gasteiger partial charge in [-0.05, 0) is 0 Å². The topological polar surface area (TPSA) is 26.0 Å². The van der Waals surface area contributed by atoms with E-state index in [-0.39, 0.29) is 4.64 Å². The van der Waals surface area contributed by atoms with Crippen molar-refractivity contribution in [1.82, 2.24) is 0 Å². The van der Waals surface area contributed by atoms with Crippen LogP contribution < -0.4 is 32.3 Å². The molecule has 38 heavy (non-hydrogen) atoms. The quantitative estimate of drug-likeness (QED) is 0.141. The summed E-state index contributed by atoms with van der Waals surface area (Å²) in [6.45, 7) is 0. The van der Waals surface area contributed by atoms with Gasteiger partial charge in [0.25, 0.3) is 0 Å². The average Bonchev–Trinajstić information content (AvgIpc) is 2.98. The number of halogens is 2. The summed E-state index contributed by atoms with van der Waals surface area (Å²) in [6.07, 6.45) is 0.740. The monoisotopic (exact) mass is 663 g/mol. The zero-order valence-electron chi connectivity index (χ0n) is 20.9. The molecule has 2 N–H and O–H groups in total. The Morgan fingerprint density at radius 2 is 0.816 bits per heavy atom. The molecule has 0 aliphatic rings. The third-order valence-electron chi connectivity index (χ3n) is 6.66. The first-order valence-corrected chi connectivity index (χ1v) is 23.9. The van der Waals surface area contributed by atoms with Crippen LogP contribution in [-0.2, 0) is 12.3 Å². The van der Waals surface area contributed by atoms with E-state index in [1.165, 1.54) is 26.5 Å². The van der Waals surface area contributed by atoms with Crippen LogP contribution in [0, 0.1) is 0 Å². The van der Waals surface area contributed by atoms with Crippen molar-refractivity contribution in [3.8, 4) is 0 Å². The van der Waals surface area contributed by atoms with Crippen molar-refractivity contribution in [2.24, 2.45) is 5.73 Å². The summed E-state index contributed by atoms with van der Waals surface area (Å²) in [5.41, 5.74) is 4.39. The van der Waals surface area contributed by atoms with Gasteiger partial charge < -0.3 is 0 Å². The van der Waals surface area contributed by atoms with Crippen molar-refractivity contribution in [2.45, 2.75) is 4.64 Å². The van der Waals surface area contributed by atoms with Crippen LogP contribution >= 0.6 is 32.9 Å². The Morgan fingerprint density at radius 1 is 0.526 bits per heavy atom. The molecule has 1 nitrogen and oxygen atoms in total. The van der Waals surface area contributed by atoms with Gasteiger partial charge in [-0.1, -0.05) is 0 Å². The second-order valence-electron chi connectivity index (χ2n) is 8.96. The molecule has 5 aromatic carbocycles. The third-order valence-corrected chi connectivity index (χ3v) is 36.6. The molecule has 5 rings (SSSR count). The molecule has 196 valence electrons. The van der Waals surface area contributed by atoms with Crippen molar-refractivity contribution in [3.63, 3.8) is 0 Å². The molecule has 0 radical (unpaired) electrons. The summed E-state index contributed by atoms with van der Waals surface area (Å²) in [5, 5.41) is 6.23. The summed E-state index contributed by atoms with van der Waals surface area (Å²) >= 11 is -3.71. The standard InChI is InChI=1S/C18H15P.C14H15NP.2ClH.Ru/c1-4-10-16(11-5-1)19(17-12-6-2-7-13-17)18-14-8-3-9-15-18;15-11-12-16(13-7-3-1-4-8-13)14-9-5-2-6-10-14;;;/h1-15H;1-11H,12,15H2;2*1H;/q;;;;+1/p-1. The molecule has 1 unspecified atom stereocenters. The first-order chi connectivity index (χ1) is 18.5. The first kappa shape index (κ1) is 27.7. The Morgan fingerprint density at radius 3 is 1.13 bits per heavy atom. The summed E-state index contributed by atoms with van der Waals surface area (Å²) in [7, 11) is 15.1. The number of hydrogen-bond acceptors (Lipinski definition) is 1. The van der Waals surface area contributed by atoms with Gasteiger partial charge in [0, 0.05) is 0 Å². The molecule has 1 atom stereocenters. The van der Waals surface area contributed by atoms with Gasteiger partial charge >= 0.3 is 240 Å². The van der Waals surface area contributed by atoms with E-state index in [1.807, 2.05) is 0 Å². The van der Waals surface area contributed by atoms with Crippen molar-refractivity contribution < 1.29 is 12.3 Å². The van der Waals surface area contributed by atoms with E-state index in [0.29, 0.717) is 0 Å². The number of hydrogen-bond donors (Lipinski definition) is 1. The molecule has 0 amide bonds. The van der Waals surface area contributed by atoms with E-state index < -0.39 is 25.8 Å². The number of benzene rings is 5. The maximum absolute atomic E-state index is 7.91. The van der Waals surface area contributed by atoms with E-state index >= 15 is 0 Å². The fourth-order valence-electron chi connectivity index (χ4n) is 4.92. The average molecular weight is 664 g/mol. The SMILES string of the molecule is N[CH](CP(c1ccccc1)c1ccccc1)[Ru]([Cl])([Cl])[PH](c1ccccc1)(c1ccccc1)c1ccccc1. The normalized spacial score (nSPS) is 13.7. The molecule has 0 heterocycles. The molecule has 0 saturated heterocycles. The van der Waals surface area contributed by atoms with Gasteiger partial charge in [-0.3, -0.25) is 0 Å². The summed E-state index contributed by atoms with van der Waals surface area (Å²) in [4.78, 5) is 0. The third kappa shape index (κ3) is 5.42. The van der Waals surface area contributed by atoms with Crippen LogP contribution in [0.15, 0.2) is 152 Å². The van der Waals surface area contributed by atoms with Crippen molar-refractivity contribution in [1.29, 1.82) is 0 Å². The first-order valence-electron chi connectivity index (χ1n) is 12.5. The summed E-state index contributed by atoms with van der Waals surface area (Å²) < 4.78 is -0.326. The molecule has 0 fully saturated rings. The molecule has 6 heteroatoms. The Labute approximate surface area is 238 Å². The van der Waals surface area contributed by atoms with Gasteiger partial charge in [0.2, 0.25) is 0 Å². The fraction of sp³-hybridized carbons (Fsp3) is 0.0625. The number of nitrogens with two attached hydrogens (primary N) is 1. The van der Waals surface area contributed by atoms with Gasteiger partial charge in [0.05, 0.1) is 0 Å². The van der Waals surface area contributed by atoms with E-state index in [9.17, 15) is 0 Å². The Bertz CT molecular complexity index is 1290. The van der Waals surface area contributed by atoms with Gasteiger partial charge in [-0.25, -0.2) is 0 Å². The molecule has 0 saturated carbocycles. The van der Waals surface area contributed by atoms with Crippen molar-refractivity contribution >= 4 is 59.4 Å². The van der Waals surface area contributed by atoms with E-state index in [2.05, 4.69) is 152 Å². The number of rotatable bonds is 9. The molecule has 5 aromatic rings. The zero-order valence-corrected chi connectivity index (χ0v) is 26.0. The van der Waals surface area contributed by atoms with E-state index in [4.69, 9.17) is 25.1 Å². The van der Waals surface area contributed by atoms with Crippen LogP contribution in [0.25, 0.3) is 0 Å². The molecular formula is C32H31Cl2NP2Ru. The molecular weight excluding hydrogens is 632 g/mol. The molecule has 0 spiro atoms. The molecule has 0 aliphatic heterocycles. The van der Waals surface area contributed by atoms with E-state index in [0.717, 1.165) is 6.16 Å². The van der Waals surface area contributed by atoms with Crippen LogP contribution in [0.2, 0.25) is 0 Å². The van der Waals surface area contributed by atoms with E-state index in [1.54, 1.807) is 0 Å². The van der Waals surface area contributed by atoms with Crippen LogP contribution in [0.1, 0.15) is 0 Å². The Balaban J connectivity index is 1.69. The zero-order chi connectivity index (χ0) is 26.4.